The van der Waals surface area contributed by atoms with Crippen molar-refractivity contribution in [2.75, 3.05) is 0 Å². The third-order valence-corrected chi connectivity index (χ3v) is 10.2. The summed E-state index contributed by atoms with van der Waals surface area (Å²) in [5.41, 5.74) is 6.76. The molecule has 0 radical (unpaired) electrons. The molecule has 0 N–H and O–H groups in total. The number of benzene rings is 4. The molecule has 1 aliphatic carbocycles. The van der Waals surface area contributed by atoms with Crippen molar-refractivity contribution in [1.29, 1.82) is 0 Å². The first-order chi connectivity index (χ1) is 20.9. The fourth-order valence-corrected chi connectivity index (χ4v) is 8.33. The van der Waals surface area contributed by atoms with Crippen molar-refractivity contribution < 1.29 is 9.13 Å². The molecule has 5 aromatic rings. The van der Waals surface area contributed by atoms with Gasteiger partial charge in [0.1, 0.15) is 18.2 Å². The molecule has 4 aromatic carbocycles. The van der Waals surface area contributed by atoms with E-state index in [1.165, 1.54) is 29.0 Å². The van der Waals surface area contributed by atoms with Crippen LogP contribution in [-0.4, -0.2) is 4.57 Å². The highest BCUT2D eigenvalue weighted by molar-refractivity contribution is 9.11. The van der Waals surface area contributed by atoms with Crippen LogP contribution in [0.5, 0.6) is 5.75 Å². The lowest BCUT2D eigenvalue weighted by Gasteiger charge is -2.30. The second kappa shape index (κ2) is 11.7. The molecule has 7 rings (SSSR count). The maximum absolute atomic E-state index is 14.0. The van der Waals surface area contributed by atoms with Crippen LogP contribution in [0.15, 0.2) is 109 Å². The topological polar surface area (TPSA) is 43.6 Å². The Morgan fingerprint density at radius 2 is 1.72 bits per heavy atom. The van der Waals surface area contributed by atoms with Gasteiger partial charge in [-0.05, 0) is 103 Å². The number of fused-ring (bicyclic) bond motifs is 3. The van der Waals surface area contributed by atoms with Gasteiger partial charge in [0.25, 0.3) is 5.56 Å². The van der Waals surface area contributed by atoms with Crippen LogP contribution in [0.3, 0.4) is 0 Å². The molecule has 0 saturated carbocycles. The Morgan fingerprint density at radius 3 is 2.49 bits per heavy atom. The smallest absolute Gasteiger partial charge is 0.271 e. The summed E-state index contributed by atoms with van der Waals surface area (Å²) in [6, 6.07) is 25.8. The molecule has 0 amide bonds. The molecule has 0 spiro atoms. The second-order valence-corrected chi connectivity index (χ2v) is 13.5. The molecule has 9 heteroatoms. The maximum atomic E-state index is 14.0. The van der Waals surface area contributed by atoms with Crippen molar-refractivity contribution in [2.45, 2.75) is 25.5 Å². The molecular formula is C34H22Br2ClFN2O2S. The molecular weight excluding hydrogens is 715 g/mol. The number of halogens is 4. The van der Waals surface area contributed by atoms with Gasteiger partial charge in [-0.25, -0.2) is 9.38 Å². The molecule has 0 unspecified atom stereocenters. The van der Waals surface area contributed by atoms with Gasteiger partial charge in [0.2, 0.25) is 0 Å². The van der Waals surface area contributed by atoms with Crippen molar-refractivity contribution in [1.82, 2.24) is 4.57 Å². The van der Waals surface area contributed by atoms with Crippen LogP contribution in [-0.2, 0) is 13.0 Å². The van der Waals surface area contributed by atoms with Crippen LogP contribution >= 0.6 is 54.8 Å². The van der Waals surface area contributed by atoms with Gasteiger partial charge in [-0.3, -0.25) is 9.36 Å². The maximum Gasteiger partial charge on any atom is 0.271 e. The van der Waals surface area contributed by atoms with Crippen molar-refractivity contribution in [2.24, 2.45) is 4.99 Å². The van der Waals surface area contributed by atoms with Crippen LogP contribution in [0.4, 0.5) is 4.39 Å². The fraction of sp³-hybridized carbons (Fsp3) is 0.118. The van der Waals surface area contributed by atoms with Gasteiger partial charge in [0, 0.05) is 16.1 Å². The summed E-state index contributed by atoms with van der Waals surface area (Å²) in [4.78, 5) is 19.7. The van der Waals surface area contributed by atoms with Crippen molar-refractivity contribution in [3.05, 3.63) is 158 Å². The molecule has 2 aliphatic rings. The van der Waals surface area contributed by atoms with E-state index in [9.17, 15) is 9.18 Å². The average Bonchev–Trinajstić information content (AvgIpc) is 3.31. The van der Waals surface area contributed by atoms with E-state index in [0.717, 1.165) is 55.3 Å². The first-order valence-corrected chi connectivity index (χ1v) is 16.4. The molecule has 0 saturated heterocycles. The zero-order valence-electron chi connectivity index (χ0n) is 22.5. The monoisotopic (exact) mass is 734 g/mol. The molecule has 0 fully saturated rings. The summed E-state index contributed by atoms with van der Waals surface area (Å²) in [5, 5.41) is 0.644. The number of hydrogen-bond donors (Lipinski definition) is 0. The molecule has 1 atom stereocenters. The van der Waals surface area contributed by atoms with Gasteiger partial charge in [-0.1, -0.05) is 77.5 Å². The highest BCUT2D eigenvalue weighted by Gasteiger charge is 2.32. The van der Waals surface area contributed by atoms with E-state index in [-0.39, 0.29) is 17.4 Å². The van der Waals surface area contributed by atoms with Crippen LogP contribution < -0.4 is 19.6 Å². The number of aryl methyl sites for hydroxylation is 1. The lowest BCUT2D eigenvalue weighted by atomic mass is 9.83. The number of aromatic nitrogens is 1. The molecule has 2 heterocycles. The predicted molar refractivity (Wildman–Crippen MR) is 177 cm³/mol. The van der Waals surface area contributed by atoms with Gasteiger partial charge < -0.3 is 4.74 Å². The fourth-order valence-electron chi connectivity index (χ4n) is 5.68. The van der Waals surface area contributed by atoms with E-state index in [2.05, 4.69) is 44.0 Å². The Kier molecular flexibility index (Phi) is 7.72. The number of nitrogens with zero attached hydrogens (tertiary/aromatic N) is 2. The molecule has 4 nitrogen and oxygen atoms in total. The molecule has 1 aromatic heterocycles. The Hall–Kier alpha value is -3.30. The number of rotatable bonds is 5. The van der Waals surface area contributed by atoms with E-state index in [1.54, 1.807) is 16.7 Å². The van der Waals surface area contributed by atoms with Crippen molar-refractivity contribution in [3.8, 4) is 5.75 Å². The standard InChI is InChI=1S/C34H22Br2ClFN2O2S/c35-26-15-19(16-27(36)32(26)42-18-22-6-2-4-8-28(22)37)17-29-33(41)40-31(21-9-12-23(38)13-10-21)25-14-11-20-5-1-3-7-24(20)30(25)39-34(40)43-29/h1-10,12-13,15-17,31H,11,14,18H2/b29-17+/t31-/m0/s1. The molecule has 1 aliphatic heterocycles. The van der Waals surface area contributed by atoms with Crippen LogP contribution in [0.25, 0.3) is 11.8 Å². The van der Waals surface area contributed by atoms with Crippen molar-refractivity contribution >= 4 is 66.6 Å². The summed E-state index contributed by atoms with van der Waals surface area (Å²) < 4.78 is 23.8. The minimum absolute atomic E-state index is 0.130. The van der Waals surface area contributed by atoms with E-state index in [4.69, 9.17) is 21.3 Å². The summed E-state index contributed by atoms with van der Waals surface area (Å²) in [5.74, 6) is 0.330. The highest BCUT2D eigenvalue weighted by Crippen LogP contribution is 2.41. The first kappa shape index (κ1) is 28.5. The molecule has 43 heavy (non-hydrogen) atoms. The Morgan fingerprint density at radius 1 is 1.00 bits per heavy atom. The number of allylic oxidation sites excluding steroid dienone is 1. The summed E-state index contributed by atoms with van der Waals surface area (Å²) >= 11 is 14.9. The van der Waals surface area contributed by atoms with Gasteiger partial charge in [-0.2, -0.15) is 0 Å². The minimum atomic E-state index is -0.360. The number of hydrogen-bond acceptors (Lipinski definition) is 4. The van der Waals surface area contributed by atoms with Crippen LogP contribution in [0.2, 0.25) is 5.02 Å². The zero-order chi connectivity index (χ0) is 29.7. The van der Waals surface area contributed by atoms with E-state index >= 15 is 0 Å². The Labute approximate surface area is 272 Å². The first-order valence-electron chi connectivity index (χ1n) is 13.6. The van der Waals surface area contributed by atoms with Gasteiger partial charge in [0.15, 0.2) is 4.80 Å². The van der Waals surface area contributed by atoms with Crippen LogP contribution in [0.1, 0.15) is 40.3 Å². The lowest BCUT2D eigenvalue weighted by Crippen LogP contribution is -2.38. The third kappa shape index (κ3) is 5.35. The number of ether oxygens (including phenoxy) is 1. The van der Waals surface area contributed by atoms with Gasteiger partial charge >= 0.3 is 0 Å². The van der Waals surface area contributed by atoms with Gasteiger partial charge in [-0.15, -0.1) is 0 Å². The van der Waals surface area contributed by atoms with E-state index in [0.29, 0.717) is 26.7 Å². The third-order valence-electron chi connectivity index (χ3n) is 7.71. The van der Waals surface area contributed by atoms with E-state index < -0.39 is 0 Å². The molecule has 0 bridgehead atoms. The SMILES string of the molecule is O=c1/c(=C\c2cc(Br)c(OCc3ccccc3Cl)c(Br)c2)sc2n1[C@@H](c1ccc(F)cc1)C1=C(N=2)c2ccccc2CC1. The highest BCUT2D eigenvalue weighted by atomic mass is 79.9. The van der Waals surface area contributed by atoms with Gasteiger partial charge in [0.05, 0.1) is 25.2 Å². The Bertz CT molecular complexity index is 2100. The summed E-state index contributed by atoms with van der Waals surface area (Å²) in [7, 11) is 0. The van der Waals surface area contributed by atoms with E-state index in [1.807, 2.05) is 54.6 Å². The zero-order valence-corrected chi connectivity index (χ0v) is 27.2. The largest absolute Gasteiger partial charge is 0.486 e. The lowest BCUT2D eigenvalue weighted by molar-refractivity contribution is 0.302. The normalized spacial score (nSPS) is 15.9. The van der Waals surface area contributed by atoms with Crippen molar-refractivity contribution in [3.63, 3.8) is 0 Å². The predicted octanol–water partition coefficient (Wildman–Crippen LogP) is 8.22. The summed E-state index contributed by atoms with van der Waals surface area (Å²) in [6.45, 7) is 0.312. The summed E-state index contributed by atoms with van der Waals surface area (Å²) in [6.07, 6.45) is 3.51. The minimum Gasteiger partial charge on any atom is -0.486 e. The van der Waals surface area contributed by atoms with Crippen LogP contribution in [0, 0.1) is 5.82 Å². The quantitative estimate of drug-likeness (QED) is 0.183. The average molecular weight is 737 g/mol. The Balaban J connectivity index is 1.32. The second-order valence-electron chi connectivity index (χ2n) is 10.4. The number of thiazole rings is 1. The molecule has 214 valence electrons.